The Kier molecular flexibility index (Phi) is 7.20. The predicted molar refractivity (Wildman–Crippen MR) is 137 cm³/mol. The molecule has 1 spiro atoms. The zero-order valence-electron chi connectivity index (χ0n) is 21.6. The summed E-state index contributed by atoms with van der Waals surface area (Å²) in [6.07, 6.45) is 4.53. The van der Waals surface area contributed by atoms with Gasteiger partial charge in [-0.05, 0) is 73.6 Å². The number of piperidine rings is 1. The Hall–Kier alpha value is -4.08. The molecule has 2 aromatic carbocycles. The summed E-state index contributed by atoms with van der Waals surface area (Å²) in [6, 6.07) is 10.3. The van der Waals surface area contributed by atoms with Crippen molar-refractivity contribution in [1.82, 2.24) is 15.2 Å². The first-order chi connectivity index (χ1) is 18.7. The second-order valence-electron chi connectivity index (χ2n) is 10.1. The van der Waals surface area contributed by atoms with Gasteiger partial charge in [-0.1, -0.05) is 0 Å². The zero-order valence-corrected chi connectivity index (χ0v) is 21.6. The molecule has 0 bridgehead atoms. The van der Waals surface area contributed by atoms with E-state index in [0.29, 0.717) is 42.8 Å². The summed E-state index contributed by atoms with van der Waals surface area (Å²) in [4.78, 5) is 32.1. The third-order valence-electron chi connectivity index (χ3n) is 7.76. The Morgan fingerprint density at radius 2 is 1.67 bits per heavy atom. The highest BCUT2D eigenvalue weighted by Gasteiger charge is 2.47. The Bertz CT molecular complexity index is 1400. The highest BCUT2D eigenvalue weighted by molar-refractivity contribution is 6.00. The Balaban J connectivity index is 1.20. The van der Waals surface area contributed by atoms with Gasteiger partial charge in [0, 0.05) is 30.9 Å². The SMILES string of the molecule is COc1cc(C(=O)N2CCC3(CC2)CC(NC(=O)c2cccnc2-c2ccc(F)cc2)C3)c(F)c(OC)c1F. The van der Waals surface area contributed by atoms with Gasteiger partial charge in [0.2, 0.25) is 5.82 Å². The first kappa shape index (κ1) is 26.5. The summed E-state index contributed by atoms with van der Waals surface area (Å²) in [5.41, 5.74) is 1.24. The molecule has 1 aliphatic heterocycles. The smallest absolute Gasteiger partial charge is 0.257 e. The molecule has 1 saturated heterocycles. The van der Waals surface area contributed by atoms with Gasteiger partial charge in [-0.15, -0.1) is 0 Å². The standard InChI is InChI=1S/C29H28F3N3O4/c1-38-22-14-21(23(31)26(39-2)24(22)32)28(37)35-12-9-29(10-13-35)15-19(16-29)34-27(36)20-4-3-11-33-25(20)17-5-7-18(30)8-6-17/h3-8,11,14,19H,9-10,12-13,15-16H2,1-2H3,(H,34,36). The molecular formula is C29H28F3N3O4. The molecule has 1 saturated carbocycles. The second-order valence-corrected chi connectivity index (χ2v) is 10.1. The maximum atomic E-state index is 14.8. The first-order valence-corrected chi connectivity index (χ1v) is 12.7. The number of hydrogen-bond donors (Lipinski definition) is 1. The fraction of sp³-hybridized carbons (Fsp3) is 0.345. The lowest BCUT2D eigenvalue weighted by atomic mass is 9.60. The van der Waals surface area contributed by atoms with Crippen molar-refractivity contribution in [2.24, 2.45) is 5.41 Å². The summed E-state index contributed by atoms with van der Waals surface area (Å²) >= 11 is 0. The van der Waals surface area contributed by atoms with Crippen LogP contribution in [0.4, 0.5) is 13.2 Å². The predicted octanol–water partition coefficient (Wildman–Crippen LogP) is 5.00. The number of pyridine rings is 1. The Morgan fingerprint density at radius 3 is 2.31 bits per heavy atom. The van der Waals surface area contributed by atoms with Gasteiger partial charge in [-0.25, -0.2) is 8.78 Å². The van der Waals surface area contributed by atoms with Crippen molar-refractivity contribution >= 4 is 11.8 Å². The van der Waals surface area contributed by atoms with Crippen molar-refractivity contribution in [3.8, 4) is 22.8 Å². The zero-order chi connectivity index (χ0) is 27.7. The lowest BCUT2D eigenvalue weighted by Gasteiger charge is -2.52. The van der Waals surface area contributed by atoms with Crippen molar-refractivity contribution in [3.63, 3.8) is 0 Å². The molecule has 39 heavy (non-hydrogen) atoms. The molecule has 3 aromatic rings. The van der Waals surface area contributed by atoms with Gasteiger partial charge in [0.15, 0.2) is 17.3 Å². The van der Waals surface area contributed by atoms with Gasteiger partial charge < -0.3 is 19.7 Å². The van der Waals surface area contributed by atoms with Crippen LogP contribution >= 0.6 is 0 Å². The van der Waals surface area contributed by atoms with Crippen molar-refractivity contribution < 1.29 is 32.2 Å². The quantitative estimate of drug-likeness (QED) is 0.477. The van der Waals surface area contributed by atoms with E-state index >= 15 is 0 Å². The van der Waals surface area contributed by atoms with Crippen molar-refractivity contribution in [2.75, 3.05) is 27.3 Å². The van der Waals surface area contributed by atoms with E-state index in [1.165, 1.54) is 19.2 Å². The van der Waals surface area contributed by atoms with E-state index in [-0.39, 0.29) is 34.5 Å². The van der Waals surface area contributed by atoms with E-state index in [2.05, 4.69) is 10.3 Å². The van der Waals surface area contributed by atoms with Crippen LogP contribution in [0.25, 0.3) is 11.3 Å². The number of methoxy groups -OCH3 is 2. The molecular weight excluding hydrogens is 511 g/mol. The number of likely N-dealkylation sites (tertiary alicyclic amines) is 1. The molecule has 0 unspecified atom stereocenters. The van der Waals surface area contributed by atoms with Gasteiger partial charge in [0.05, 0.1) is 31.0 Å². The van der Waals surface area contributed by atoms with Crippen LogP contribution in [0.1, 0.15) is 46.4 Å². The minimum atomic E-state index is -1.05. The largest absolute Gasteiger partial charge is 0.494 e. The highest BCUT2D eigenvalue weighted by atomic mass is 19.1. The number of benzene rings is 2. The molecule has 7 nitrogen and oxygen atoms in total. The Morgan fingerprint density at radius 1 is 0.974 bits per heavy atom. The van der Waals surface area contributed by atoms with Gasteiger partial charge in [0.25, 0.3) is 11.8 Å². The van der Waals surface area contributed by atoms with Gasteiger partial charge in [-0.3, -0.25) is 14.6 Å². The molecule has 1 aliphatic carbocycles. The van der Waals surface area contributed by atoms with E-state index < -0.39 is 23.3 Å². The molecule has 2 fully saturated rings. The van der Waals surface area contributed by atoms with Crippen LogP contribution in [0.15, 0.2) is 48.7 Å². The van der Waals surface area contributed by atoms with E-state index in [1.54, 1.807) is 35.4 Å². The molecule has 2 amide bonds. The van der Waals surface area contributed by atoms with Gasteiger partial charge in [0.1, 0.15) is 5.82 Å². The number of rotatable bonds is 6. The normalized spacial score (nSPS) is 16.5. The number of nitrogens with zero attached hydrogens (tertiary/aromatic N) is 2. The first-order valence-electron chi connectivity index (χ1n) is 12.7. The summed E-state index contributed by atoms with van der Waals surface area (Å²) < 4.78 is 52.2. The van der Waals surface area contributed by atoms with E-state index in [9.17, 15) is 22.8 Å². The van der Waals surface area contributed by atoms with Crippen LogP contribution in [-0.2, 0) is 0 Å². The topological polar surface area (TPSA) is 80.8 Å². The monoisotopic (exact) mass is 539 g/mol. The lowest BCUT2D eigenvalue weighted by molar-refractivity contribution is 0.00845. The summed E-state index contributed by atoms with van der Waals surface area (Å²) in [6.45, 7) is 0.830. The minimum Gasteiger partial charge on any atom is -0.494 e. The highest BCUT2D eigenvalue weighted by Crippen LogP contribution is 2.49. The van der Waals surface area contributed by atoms with Gasteiger partial charge >= 0.3 is 0 Å². The summed E-state index contributed by atoms with van der Waals surface area (Å²) in [7, 11) is 2.36. The van der Waals surface area contributed by atoms with Crippen LogP contribution in [0.5, 0.6) is 11.5 Å². The Labute approximate surface area is 223 Å². The molecule has 1 aromatic heterocycles. The number of hydrogen-bond acceptors (Lipinski definition) is 5. The van der Waals surface area contributed by atoms with Crippen LogP contribution in [0, 0.1) is 22.9 Å². The fourth-order valence-electron chi connectivity index (χ4n) is 5.61. The van der Waals surface area contributed by atoms with Crippen LogP contribution in [-0.4, -0.2) is 55.0 Å². The van der Waals surface area contributed by atoms with Crippen LogP contribution in [0.2, 0.25) is 0 Å². The number of nitrogens with one attached hydrogen (secondary N) is 1. The number of carbonyl (C=O) groups excluding carboxylic acids is 2. The van der Waals surface area contributed by atoms with Crippen LogP contribution in [0.3, 0.4) is 0 Å². The number of amides is 2. The molecule has 0 radical (unpaired) electrons. The third kappa shape index (κ3) is 5.03. The van der Waals surface area contributed by atoms with Crippen LogP contribution < -0.4 is 14.8 Å². The number of aromatic nitrogens is 1. The number of ether oxygens (including phenoxy) is 2. The maximum Gasteiger partial charge on any atom is 0.257 e. The molecule has 2 aliphatic rings. The van der Waals surface area contributed by atoms with E-state index in [4.69, 9.17) is 9.47 Å². The lowest BCUT2D eigenvalue weighted by Crippen LogP contribution is -2.55. The van der Waals surface area contributed by atoms with E-state index in [1.807, 2.05) is 0 Å². The number of carbonyl (C=O) groups is 2. The second kappa shape index (κ2) is 10.6. The van der Waals surface area contributed by atoms with Crippen molar-refractivity contribution in [2.45, 2.75) is 31.7 Å². The van der Waals surface area contributed by atoms with Crippen molar-refractivity contribution in [3.05, 3.63) is 77.2 Å². The third-order valence-corrected chi connectivity index (χ3v) is 7.76. The fourth-order valence-corrected chi connectivity index (χ4v) is 5.61. The van der Waals surface area contributed by atoms with Crippen molar-refractivity contribution in [1.29, 1.82) is 0 Å². The molecule has 204 valence electrons. The molecule has 2 heterocycles. The number of halogens is 3. The van der Waals surface area contributed by atoms with Gasteiger partial charge in [-0.2, -0.15) is 4.39 Å². The van der Waals surface area contributed by atoms with E-state index in [0.717, 1.165) is 26.0 Å². The minimum absolute atomic E-state index is 0.0137. The molecule has 1 N–H and O–H groups in total. The summed E-state index contributed by atoms with van der Waals surface area (Å²) in [5, 5.41) is 3.08. The molecule has 0 atom stereocenters. The average Bonchev–Trinajstić information content (AvgIpc) is 2.93. The molecule has 10 heteroatoms. The maximum absolute atomic E-state index is 14.8. The average molecular weight is 540 g/mol. The summed E-state index contributed by atoms with van der Waals surface area (Å²) in [5.74, 6) is -4.12. The molecule has 5 rings (SSSR count).